The van der Waals surface area contributed by atoms with Crippen LogP contribution in [-0.2, 0) is 20.9 Å². The molecule has 1 atom stereocenters. The highest BCUT2D eigenvalue weighted by molar-refractivity contribution is 7.09. The van der Waals surface area contributed by atoms with Gasteiger partial charge in [0.15, 0.2) is 6.61 Å². The second-order valence-electron chi connectivity index (χ2n) is 8.24. The van der Waals surface area contributed by atoms with Crippen molar-refractivity contribution in [3.8, 4) is 5.75 Å². The first-order chi connectivity index (χ1) is 15.9. The van der Waals surface area contributed by atoms with Crippen LogP contribution in [0.3, 0.4) is 0 Å². The SMILES string of the molecule is CC(C)c1ccc(N2C(=O)CC(N(Cc3cccs3)C(=O)COc3ccccc3)C2=O)cc1. The fourth-order valence-corrected chi connectivity index (χ4v) is 4.53. The summed E-state index contributed by atoms with van der Waals surface area (Å²) in [6.07, 6.45) is -0.0484. The third-order valence-corrected chi connectivity index (χ3v) is 6.51. The van der Waals surface area contributed by atoms with Gasteiger partial charge in [-0.15, -0.1) is 11.3 Å². The first-order valence-electron chi connectivity index (χ1n) is 10.9. The molecule has 1 aliphatic heterocycles. The van der Waals surface area contributed by atoms with E-state index in [-0.39, 0.29) is 37.3 Å². The van der Waals surface area contributed by atoms with Gasteiger partial charge in [0.2, 0.25) is 5.91 Å². The molecular formula is C26H26N2O4S. The van der Waals surface area contributed by atoms with Gasteiger partial charge < -0.3 is 9.64 Å². The molecule has 3 amide bonds. The molecule has 1 saturated heterocycles. The topological polar surface area (TPSA) is 66.9 Å². The molecule has 2 heterocycles. The minimum atomic E-state index is -0.865. The van der Waals surface area contributed by atoms with Gasteiger partial charge in [0.05, 0.1) is 18.7 Å². The summed E-state index contributed by atoms with van der Waals surface area (Å²) < 4.78 is 5.64. The van der Waals surface area contributed by atoms with E-state index in [2.05, 4.69) is 13.8 Å². The minimum absolute atomic E-state index is 0.0484. The Morgan fingerprint density at radius 2 is 1.79 bits per heavy atom. The van der Waals surface area contributed by atoms with Crippen molar-refractivity contribution in [2.24, 2.45) is 0 Å². The van der Waals surface area contributed by atoms with Gasteiger partial charge in [0.1, 0.15) is 11.8 Å². The molecule has 1 fully saturated rings. The zero-order chi connectivity index (χ0) is 23.4. The number of hydrogen-bond donors (Lipinski definition) is 0. The average Bonchev–Trinajstić information content (AvgIpc) is 3.44. The number of thiophene rings is 1. The van der Waals surface area contributed by atoms with Crippen LogP contribution in [0.1, 0.15) is 36.6 Å². The lowest BCUT2D eigenvalue weighted by atomic mass is 10.0. The summed E-state index contributed by atoms with van der Waals surface area (Å²) >= 11 is 1.50. The zero-order valence-electron chi connectivity index (χ0n) is 18.6. The van der Waals surface area contributed by atoms with E-state index in [0.717, 1.165) is 10.4 Å². The third kappa shape index (κ3) is 5.14. The summed E-state index contributed by atoms with van der Waals surface area (Å²) in [4.78, 5) is 43.0. The van der Waals surface area contributed by atoms with Gasteiger partial charge in [-0.05, 0) is 47.2 Å². The number of carbonyl (C=O) groups is 3. The quantitative estimate of drug-likeness (QED) is 0.459. The van der Waals surface area contributed by atoms with E-state index in [0.29, 0.717) is 17.4 Å². The summed E-state index contributed by atoms with van der Waals surface area (Å²) in [5.74, 6) is -0.115. The van der Waals surface area contributed by atoms with E-state index < -0.39 is 6.04 Å². The molecular weight excluding hydrogens is 436 g/mol. The van der Waals surface area contributed by atoms with Gasteiger partial charge in [0.25, 0.3) is 11.8 Å². The lowest BCUT2D eigenvalue weighted by Crippen LogP contribution is -2.46. The van der Waals surface area contributed by atoms with E-state index >= 15 is 0 Å². The molecule has 0 radical (unpaired) electrons. The maximum Gasteiger partial charge on any atom is 0.261 e. The lowest BCUT2D eigenvalue weighted by molar-refractivity contribution is -0.140. The fraction of sp³-hybridized carbons (Fsp3) is 0.269. The molecule has 4 rings (SSSR count). The number of hydrogen-bond acceptors (Lipinski definition) is 5. The van der Waals surface area contributed by atoms with Crippen LogP contribution in [0.25, 0.3) is 0 Å². The Bertz CT molecular complexity index is 1110. The Hall–Kier alpha value is -3.45. The van der Waals surface area contributed by atoms with E-state index in [1.54, 1.807) is 24.3 Å². The van der Waals surface area contributed by atoms with Crippen molar-refractivity contribution in [1.82, 2.24) is 4.90 Å². The largest absolute Gasteiger partial charge is 0.484 e. The minimum Gasteiger partial charge on any atom is -0.484 e. The van der Waals surface area contributed by atoms with Gasteiger partial charge in [-0.2, -0.15) is 0 Å². The zero-order valence-corrected chi connectivity index (χ0v) is 19.5. The smallest absolute Gasteiger partial charge is 0.261 e. The van der Waals surface area contributed by atoms with E-state index in [1.807, 2.05) is 47.8 Å². The van der Waals surface area contributed by atoms with Crippen LogP contribution in [-0.4, -0.2) is 35.3 Å². The van der Waals surface area contributed by atoms with Crippen LogP contribution in [0, 0.1) is 0 Å². The molecule has 1 unspecified atom stereocenters. The first-order valence-corrected chi connectivity index (χ1v) is 11.8. The van der Waals surface area contributed by atoms with Crippen molar-refractivity contribution in [3.05, 3.63) is 82.6 Å². The van der Waals surface area contributed by atoms with Crippen LogP contribution >= 0.6 is 11.3 Å². The third-order valence-electron chi connectivity index (χ3n) is 5.65. The number of amides is 3. The summed E-state index contributed by atoms with van der Waals surface area (Å²) in [6.45, 7) is 4.21. The Labute approximate surface area is 197 Å². The molecule has 170 valence electrons. The van der Waals surface area contributed by atoms with Crippen molar-refractivity contribution in [1.29, 1.82) is 0 Å². The van der Waals surface area contributed by atoms with Crippen LogP contribution in [0.4, 0.5) is 5.69 Å². The average molecular weight is 463 g/mol. The number of benzene rings is 2. The second-order valence-corrected chi connectivity index (χ2v) is 9.27. The maximum absolute atomic E-state index is 13.4. The van der Waals surface area contributed by atoms with Gasteiger partial charge in [-0.25, -0.2) is 4.90 Å². The molecule has 33 heavy (non-hydrogen) atoms. The monoisotopic (exact) mass is 462 g/mol. The number of ether oxygens (including phenoxy) is 1. The van der Waals surface area contributed by atoms with Crippen LogP contribution in [0.15, 0.2) is 72.1 Å². The molecule has 2 aromatic carbocycles. The van der Waals surface area contributed by atoms with Crippen molar-refractivity contribution >= 4 is 34.7 Å². The van der Waals surface area contributed by atoms with E-state index in [9.17, 15) is 14.4 Å². The maximum atomic E-state index is 13.4. The fourth-order valence-electron chi connectivity index (χ4n) is 3.83. The van der Waals surface area contributed by atoms with Gasteiger partial charge >= 0.3 is 0 Å². The van der Waals surface area contributed by atoms with Crippen molar-refractivity contribution in [2.75, 3.05) is 11.5 Å². The van der Waals surface area contributed by atoms with Crippen molar-refractivity contribution < 1.29 is 19.1 Å². The molecule has 1 aliphatic rings. The highest BCUT2D eigenvalue weighted by atomic mass is 32.1. The predicted octanol–water partition coefficient (Wildman–Crippen LogP) is 4.61. The molecule has 1 aromatic heterocycles. The lowest BCUT2D eigenvalue weighted by Gasteiger charge is -2.27. The number of carbonyl (C=O) groups excluding carboxylic acids is 3. The van der Waals surface area contributed by atoms with Crippen LogP contribution < -0.4 is 9.64 Å². The summed E-state index contributed by atoms with van der Waals surface area (Å²) in [5.41, 5.74) is 1.66. The first kappa shape index (κ1) is 22.7. The van der Waals surface area contributed by atoms with Gasteiger partial charge in [0, 0.05) is 4.88 Å². The van der Waals surface area contributed by atoms with Gasteiger partial charge in [-0.3, -0.25) is 14.4 Å². The standard InChI is InChI=1S/C26H26N2O4S/c1-18(2)19-10-12-20(13-11-19)28-24(29)15-23(26(28)31)27(16-22-9-6-14-33-22)25(30)17-32-21-7-4-3-5-8-21/h3-14,18,23H,15-17H2,1-2H3. The van der Waals surface area contributed by atoms with Crippen molar-refractivity contribution in [3.63, 3.8) is 0 Å². The van der Waals surface area contributed by atoms with E-state index in [4.69, 9.17) is 4.74 Å². The summed E-state index contributed by atoms with van der Waals surface area (Å²) in [5, 5.41) is 1.92. The second kappa shape index (κ2) is 10.0. The van der Waals surface area contributed by atoms with E-state index in [1.165, 1.54) is 21.1 Å². The summed E-state index contributed by atoms with van der Waals surface area (Å²) in [6, 6.07) is 19.4. The Morgan fingerprint density at radius 3 is 2.42 bits per heavy atom. The highest BCUT2D eigenvalue weighted by Crippen LogP contribution is 2.29. The molecule has 7 heteroatoms. The highest BCUT2D eigenvalue weighted by Gasteiger charge is 2.44. The Morgan fingerprint density at radius 1 is 1.06 bits per heavy atom. The predicted molar refractivity (Wildman–Crippen MR) is 128 cm³/mol. The normalized spacial score (nSPS) is 15.8. The molecule has 0 aliphatic carbocycles. The molecule has 3 aromatic rings. The molecule has 0 bridgehead atoms. The number of nitrogens with zero attached hydrogens (tertiary/aromatic N) is 2. The van der Waals surface area contributed by atoms with Crippen molar-refractivity contribution in [2.45, 2.75) is 38.8 Å². The number of imide groups is 1. The summed E-state index contributed by atoms with van der Waals surface area (Å²) in [7, 11) is 0. The van der Waals surface area contributed by atoms with Crippen LogP contribution in [0.2, 0.25) is 0 Å². The van der Waals surface area contributed by atoms with Gasteiger partial charge in [-0.1, -0.05) is 50.2 Å². The molecule has 6 nitrogen and oxygen atoms in total. The Balaban J connectivity index is 1.55. The molecule has 0 saturated carbocycles. The molecule has 0 N–H and O–H groups in total. The molecule has 0 spiro atoms. The Kier molecular flexibility index (Phi) is 6.89. The number of para-hydroxylation sites is 1. The number of rotatable bonds is 8. The number of anilines is 1. The van der Waals surface area contributed by atoms with Crippen LogP contribution in [0.5, 0.6) is 5.75 Å².